The Bertz CT molecular complexity index is 947. The fourth-order valence-electron chi connectivity index (χ4n) is 2.63. The van der Waals surface area contributed by atoms with Gasteiger partial charge in [-0.05, 0) is 37.1 Å². The molecule has 0 fully saturated rings. The summed E-state index contributed by atoms with van der Waals surface area (Å²) >= 11 is 0. The van der Waals surface area contributed by atoms with E-state index in [1.165, 1.54) is 6.92 Å². The van der Waals surface area contributed by atoms with Crippen molar-refractivity contribution < 1.29 is 18.0 Å². The van der Waals surface area contributed by atoms with Gasteiger partial charge in [-0.25, -0.2) is 4.79 Å². The minimum absolute atomic E-state index is 0.0356. The van der Waals surface area contributed by atoms with Crippen molar-refractivity contribution in [2.24, 2.45) is 5.92 Å². The van der Waals surface area contributed by atoms with Gasteiger partial charge in [-0.3, -0.25) is 4.68 Å². The summed E-state index contributed by atoms with van der Waals surface area (Å²) in [4.78, 5) is 12.0. The fourth-order valence-corrected chi connectivity index (χ4v) is 2.63. The van der Waals surface area contributed by atoms with Crippen LogP contribution < -0.4 is 10.6 Å². The van der Waals surface area contributed by atoms with Crippen LogP contribution in [0.4, 0.5) is 23.7 Å². The van der Waals surface area contributed by atoms with Gasteiger partial charge in [-0.15, -0.1) is 0 Å². The number of carbonyl (C=O) groups excluding carboxylic acids is 1. The first-order chi connectivity index (χ1) is 12.7. The van der Waals surface area contributed by atoms with E-state index >= 15 is 0 Å². The molecule has 0 saturated carbocycles. The summed E-state index contributed by atoms with van der Waals surface area (Å²) in [6.45, 7) is 3.47. The van der Waals surface area contributed by atoms with E-state index in [0.29, 0.717) is 22.4 Å². The van der Waals surface area contributed by atoms with E-state index in [0.717, 1.165) is 10.7 Å². The number of aromatic amines is 1. The predicted molar refractivity (Wildman–Crippen MR) is 92.0 cm³/mol. The molecule has 144 valence electrons. The van der Waals surface area contributed by atoms with Gasteiger partial charge in [0.2, 0.25) is 0 Å². The van der Waals surface area contributed by atoms with E-state index in [-0.39, 0.29) is 19.0 Å². The maximum atomic E-state index is 13.0. The smallest absolute Gasteiger partial charge is 0.338 e. The molecule has 0 aliphatic rings. The molecule has 0 saturated heterocycles. The number of benzene rings is 1. The van der Waals surface area contributed by atoms with Crippen LogP contribution in [0.3, 0.4) is 0 Å². The standard InChI is InChI=1S/C16H18F3N7O/c1-9(8-26-14(16(17,18)19)5-10(2)24-26)7-20-15(27)21-11-3-4-12-13(6-11)23-25-22-12/h3-6,9H,7-8H2,1-2H3,(H2,20,21,27)(H,22,23,25)/t9-/m1/s1. The molecule has 3 rings (SSSR count). The molecule has 1 aromatic carbocycles. The molecule has 0 aliphatic heterocycles. The van der Waals surface area contributed by atoms with Crippen molar-refractivity contribution in [3.63, 3.8) is 0 Å². The average Bonchev–Trinajstić information content (AvgIpc) is 3.18. The van der Waals surface area contributed by atoms with E-state index in [1.807, 2.05) is 0 Å². The number of alkyl halides is 3. The van der Waals surface area contributed by atoms with Crippen LogP contribution in [0.5, 0.6) is 0 Å². The number of nitrogens with one attached hydrogen (secondary N) is 3. The maximum absolute atomic E-state index is 13.0. The Hall–Kier alpha value is -3.11. The van der Waals surface area contributed by atoms with Gasteiger partial charge in [0.1, 0.15) is 16.7 Å². The van der Waals surface area contributed by atoms with Crippen molar-refractivity contribution in [2.45, 2.75) is 26.6 Å². The van der Waals surface area contributed by atoms with Gasteiger partial charge in [0.05, 0.1) is 5.69 Å². The fraction of sp³-hybridized carbons (Fsp3) is 0.375. The molecule has 0 spiro atoms. The summed E-state index contributed by atoms with van der Waals surface area (Å²) in [7, 11) is 0. The molecule has 2 aromatic heterocycles. The van der Waals surface area contributed by atoms with Crippen molar-refractivity contribution in [1.82, 2.24) is 30.5 Å². The first kappa shape index (κ1) is 18.7. The number of carbonyl (C=O) groups is 1. The van der Waals surface area contributed by atoms with Crippen LogP contribution in [0, 0.1) is 12.8 Å². The minimum atomic E-state index is -4.47. The highest BCUT2D eigenvalue weighted by atomic mass is 19.4. The zero-order valence-electron chi connectivity index (χ0n) is 14.6. The summed E-state index contributed by atoms with van der Waals surface area (Å²) < 4.78 is 39.9. The van der Waals surface area contributed by atoms with Gasteiger partial charge in [-0.2, -0.15) is 33.7 Å². The predicted octanol–water partition coefficient (Wildman–Crippen LogP) is 2.94. The average molecular weight is 381 g/mol. The number of hydrogen-bond donors (Lipinski definition) is 3. The summed E-state index contributed by atoms with van der Waals surface area (Å²) in [5.74, 6) is -0.255. The molecule has 0 radical (unpaired) electrons. The minimum Gasteiger partial charge on any atom is -0.338 e. The molecule has 2 heterocycles. The Morgan fingerprint density at radius 1 is 1.26 bits per heavy atom. The number of H-pyrrole nitrogens is 1. The first-order valence-electron chi connectivity index (χ1n) is 8.19. The summed E-state index contributed by atoms with van der Waals surface area (Å²) in [5.41, 5.74) is 1.31. The van der Waals surface area contributed by atoms with Gasteiger partial charge in [-0.1, -0.05) is 6.92 Å². The Labute approximate surface area is 152 Å². The van der Waals surface area contributed by atoms with Crippen LogP contribution in [0.15, 0.2) is 24.3 Å². The van der Waals surface area contributed by atoms with Gasteiger partial charge in [0.25, 0.3) is 0 Å². The second-order valence-corrected chi connectivity index (χ2v) is 6.32. The highest BCUT2D eigenvalue weighted by molar-refractivity contribution is 5.91. The van der Waals surface area contributed by atoms with Crippen LogP contribution in [0.25, 0.3) is 11.0 Å². The third-order valence-electron chi connectivity index (χ3n) is 3.86. The molecule has 0 unspecified atom stereocenters. The molecule has 2 amide bonds. The maximum Gasteiger partial charge on any atom is 0.433 e. The monoisotopic (exact) mass is 381 g/mol. The lowest BCUT2D eigenvalue weighted by atomic mass is 10.2. The normalized spacial score (nSPS) is 12.9. The number of nitrogens with zero attached hydrogens (tertiary/aromatic N) is 4. The highest BCUT2D eigenvalue weighted by Gasteiger charge is 2.35. The molecule has 0 bridgehead atoms. The van der Waals surface area contributed by atoms with E-state index in [9.17, 15) is 18.0 Å². The molecule has 11 heteroatoms. The number of urea groups is 1. The molecule has 1 atom stereocenters. The second-order valence-electron chi connectivity index (χ2n) is 6.32. The second kappa shape index (κ2) is 7.25. The lowest BCUT2D eigenvalue weighted by Gasteiger charge is -2.16. The Morgan fingerprint density at radius 3 is 2.74 bits per heavy atom. The summed E-state index contributed by atoms with van der Waals surface area (Å²) in [5, 5.41) is 19.5. The lowest BCUT2D eigenvalue weighted by molar-refractivity contribution is -0.144. The van der Waals surface area contributed by atoms with Crippen molar-refractivity contribution in [3.8, 4) is 0 Å². The number of anilines is 1. The third kappa shape index (κ3) is 4.54. The van der Waals surface area contributed by atoms with Crippen molar-refractivity contribution in [1.29, 1.82) is 0 Å². The van der Waals surface area contributed by atoms with E-state index in [1.54, 1.807) is 25.1 Å². The first-order valence-corrected chi connectivity index (χ1v) is 8.19. The zero-order valence-corrected chi connectivity index (χ0v) is 14.6. The number of amides is 2. The Kier molecular flexibility index (Phi) is 5.02. The molecule has 3 N–H and O–H groups in total. The Balaban J connectivity index is 1.54. The van der Waals surface area contributed by atoms with Crippen LogP contribution in [-0.2, 0) is 12.7 Å². The third-order valence-corrected chi connectivity index (χ3v) is 3.86. The number of aromatic nitrogens is 5. The van der Waals surface area contributed by atoms with Gasteiger partial charge < -0.3 is 10.6 Å². The van der Waals surface area contributed by atoms with Crippen LogP contribution in [0.2, 0.25) is 0 Å². The molecular weight excluding hydrogens is 363 g/mol. The molecule has 27 heavy (non-hydrogen) atoms. The quantitative estimate of drug-likeness (QED) is 0.633. The number of aryl methyl sites for hydroxylation is 1. The van der Waals surface area contributed by atoms with Crippen molar-refractivity contribution >= 4 is 22.8 Å². The zero-order chi connectivity index (χ0) is 19.6. The number of fused-ring (bicyclic) bond motifs is 1. The highest BCUT2D eigenvalue weighted by Crippen LogP contribution is 2.30. The van der Waals surface area contributed by atoms with Gasteiger partial charge in [0, 0.05) is 18.8 Å². The van der Waals surface area contributed by atoms with Crippen LogP contribution >= 0.6 is 0 Å². The Morgan fingerprint density at radius 2 is 2.00 bits per heavy atom. The largest absolute Gasteiger partial charge is 0.433 e. The number of rotatable bonds is 5. The van der Waals surface area contributed by atoms with E-state index < -0.39 is 17.9 Å². The number of hydrogen-bond acceptors (Lipinski definition) is 4. The molecule has 3 aromatic rings. The van der Waals surface area contributed by atoms with Crippen LogP contribution in [0.1, 0.15) is 18.3 Å². The van der Waals surface area contributed by atoms with Gasteiger partial charge >= 0.3 is 12.2 Å². The van der Waals surface area contributed by atoms with E-state index in [2.05, 4.69) is 31.1 Å². The molecular formula is C16H18F3N7O. The van der Waals surface area contributed by atoms with E-state index in [4.69, 9.17) is 0 Å². The van der Waals surface area contributed by atoms with Crippen molar-refractivity contribution in [2.75, 3.05) is 11.9 Å². The van der Waals surface area contributed by atoms with Gasteiger partial charge in [0.15, 0.2) is 0 Å². The molecule has 0 aliphatic carbocycles. The van der Waals surface area contributed by atoms with Crippen LogP contribution in [-0.4, -0.2) is 37.8 Å². The summed E-state index contributed by atoms with van der Waals surface area (Å²) in [6.07, 6.45) is -4.47. The molecule has 8 nitrogen and oxygen atoms in total. The lowest BCUT2D eigenvalue weighted by Crippen LogP contribution is -2.34. The van der Waals surface area contributed by atoms with Crippen molar-refractivity contribution in [3.05, 3.63) is 35.7 Å². The number of halogens is 3. The SMILES string of the molecule is Cc1cc(C(F)(F)F)n(C[C@H](C)CNC(=O)Nc2ccc3n[nH]nc3c2)n1. The topological polar surface area (TPSA) is 101 Å². The summed E-state index contributed by atoms with van der Waals surface area (Å²) in [6, 6.07) is 5.58.